The number of carbonyl (C=O) groups excluding carboxylic acids is 3. The van der Waals surface area contributed by atoms with E-state index in [0.29, 0.717) is 5.69 Å². The Bertz CT molecular complexity index is 1260. The molecule has 2 atom stereocenters. The van der Waals surface area contributed by atoms with E-state index in [1.54, 1.807) is 0 Å². The molecule has 0 aromatic heterocycles. The largest absolute Gasteiger partial charge is 0.302 e. The second-order valence-corrected chi connectivity index (χ2v) is 8.87. The number of rotatable bonds is 2. The molecule has 1 saturated heterocycles. The van der Waals surface area contributed by atoms with E-state index in [-0.39, 0.29) is 17.7 Å². The highest BCUT2D eigenvalue weighted by Crippen LogP contribution is 2.63. The van der Waals surface area contributed by atoms with Crippen LogP contribution >= 0.6 is 0 Å². The van der Waals surface area contributed by atoms with Crippen molar-refractivity contribution in [3.8, 4) is 0 Å². The molecule has 0 saturated carbocycles. The molecule has 1 heterocycles. The summed E-state index contributed by atoms with van der Waals surface area (Å²) >= 11 is 0. The lowest BCUT2D eigenvalue weighted by Crippen LogP contribution is -2.54. The van der Waals surface area contributed by atoms with Gasteiger partial charge in [-0.3, -0.25) is 9.59 Å². The van der Waals surface area contributed by atoms with Crippen LogP contribution in [-0.4, -0.2) is 18.1 Å². The first-order chi connectivity index (χ1) is 15.0. The molecular weight excluding hydrogens is 386 g/mol. The maximum Gasteiger partial charge on any atom is 0.239 e. The molecule has 3 aliphatic carbocycles. The highest BCUT2D eigenvalue weighted by molar-refractivity contribution is 6.25. The van der Waals surface area contributed by atoms with Crippen LogP contribution in [0.4, 0.5) is 5.69 Å². The third-order valence-electron chi connectivity index (χ3n) is 7.69. The van der Waals surface area contributed by atoms with Crippen molar-refractivity contribution in [1.82, 2.24) is 0 Å². The average molecular weight is 407 g/mol. The van der Waals surface area contributed by atoms with Gasteiger partial charge in [-0.1, -0.05) is 60.7 Å². The summed E-state index contributed by atoms with van der Waals surface area (Å²) in [5.74, 6) is -2.02. The molecule has 4 heteroatoms. The zero-order valence-corrected chi connectivity index (χ0v) is 17.3. The Balaban J connectivity index is 1.66. The van der Waals surface area contributed by atoms with Gasteiger partial charge in [-0.25, -0.2) is 4.90 Å². The molecule has 2 bridgehead atoms. The molecule has 3 aromatic rings. The molecule has 4 nitrogen and oxygen atoms in total. The minimum Gasteiger partial charge on any atom is -0.302 e. The third-order valence-corrected chi connectivity index (χ3v) is 7.69. The first-order valence-corrected chi connectivity index (χ1v) is 10.6. The van der Waals surface area contributed by atoms with Crippen molar-refractivity contribution in [3.05, 3.63) is 100 Å². The van der Waals surface area contributed by atoms with Crippen LogP contribution in [0.3, 0.4) is 0 Å². The molecule has 3 aromatic carbocycles. The molecule has 0 radical (unpaired) electrons. The minimum absolute atomic E-state index is 0.205. The number of hydrogen-bond donors (Lipinski definition) is 0. The summed E-state index contributed by atoms with van der Waals surface area (Å²) in [6.45, 7) is 3.90. The van der Waals surface area contributed by atoms with E-state index < -0.39 is 17.3 Å². The monoisotopic (exact) mass is 407 g/mol. The van der Waals surface area contributed by atoms with Crippen molar-refractivity contribution in [2.45, 2.75) is 25.2 Å². The van der Waals surface area contributed by atoms with Crippen LogP contribution in [0.25, 0.3) is 0 Å². The Morgan fingerprint density at radius 3 is 2.03 bits per heavy atom. The second kappa shape index (κ2) is 6.01. The van der Waals surface area contributed by atoms with Crippen molar-refractivity contribution in [2.75, 3.05) is 4.90 Å². The summed E-state index contributed by atoms with van der Waals surface area (Å²) in [6, 6.07) is 21.3. The SMILES string of the molecule is Cc1cccc(N2C(=O)[C@@H]3[C@@H](C2=O)C2c4ccccc4C3(C=O)c3ccccc32)c1C. The van der Waals surface area contributed by atoms with E-state index >= 15 is 0 Å². The number of aldehydes is 1. The Labute approximate surface area is 180 Å². The topological polar surface area (TPSA) is 54.5 Å². The van der Waals surface area contributed by atoms with Gasteiger partial charge in [0, 0.05) is 5.92 Å². The summed E-state index contributed by atoms with van der Waals surface area (Å²) in [6.07, 6.45) is 0.912. The van der Waals surface area contributed by atoms with Crippen molar-refractivity contribution < 1.29 is 14.4 Å². The number of imide groups is 1. The van der Waals surface area contributed by atoms with Crippen LogP contribution in [0, 0.1) is 25.7 Å². The maximum absolute atomic E-state index is 13.9. The van der Waals surface area contributed by atoms with Gasteiger partial charge in [0.1, 0.15) is 6.29 Å². The third kappa shape index (κ3) is 1.98. The Hall–Kier alpha value is -3.53. The van der Waals surface area contributed by atoms with Crippen LogP contribution in [0.5, 0.6) is 0 Å². The zero-order valence-electron chi connectivity index (χ0n) is 17.3. The number of benzene rings is 3. The fourth-order valence-electron chi connectivity index (χ4n) is 6.25. The molecule has 0 N–H and O–H groups in total. The van der Waals surface area contributed by atoms with Crippen molar-refractivity contribution in [1.29, 1.82) is 0 Å². The van der Waals surface area contributed by atoms with E-state index in [0.717, 1.165) is 39.7 Å². The highest BCUT2D eigenvalue weighted by atomic mass is 16.2. The predicted octanol–water partition coefficient (Wildman–Crippen LogP) is 4.05. The number of carbonyl (C=O) groups is 3. The summed E-state index contributed by atoms with van der Waals surface area (Å²) in [5, 5.41) is 0. The van der Waals surface area contributed by atoms with E-state index in [1.807, 2.05) is 80.6 Å². The zero-order chi connectivity index (χ0) is 21.5. The van der Waals surface area contributed by atoms with Gasteiger partial charge in [-0.05, 0) is 53.3 Å². The molecule has 1 fully saturated rings. The number of amides is 2. The fraction of sp³-hybridized carbons (Fsp3) is 0.222. The number of aryl methyl sites for hydroxylation is 1. The quantitative estimate of drug-likeness (QED) is 0.476. The van der Waals surface area contributed by atoms with Crippen LogP contribution < -0.4 is 4.90 Å². The molecule has 0 unspecified atom stereocenters. The van der Waals surface area contributed by atoms with Crippen molar-refractivity contribution in [2.24, 2.45) is 11.8 Å². The van der Waals surface area contributed by atoms with Crippen molar-refractivity contribution >= 4 is 23.8 Å². The van der Waals surface area contributed by atoms with Gasteiger partial charge in [0.25, 0.3) is 0 Å². The van der Waals surface area contributed by atoms with E-state index in [4.69, 9.17) is 0 Å². The summed E-state index contributed by atoms with van der Waals surface area (Å²) in [5.41, 5.74) is 5.09. The lowest BCUT2D eigenvalue weighted by molar-refractivity contribution is -0.128. The second-order valence-electron chi connectivity index (χ2n) is 8.87. The van der Waals surface area contributed by atoms with E-state index in [1.165, 1.54) is 4.90 Å². The minimum atomic E-state index is -1.15. The summed E-state index contributed by atoms with van der Waals surface area (Å²) in [7, 11) is 0. The molecule has 7 rings (SSSR count). The molecule has 1 aliphatic heterocycles. The first kappa shape index (κ1) is 18.3. The molecule has 0 spiro atoms. The van der Waals surface area contributed by atoms with Gasteiger partial charge in [0.2, 0.25) is 11.8 Å². The van der Waals surface area contributed by atoms with E-state index in [2.05, 4.69) is 0 Å². The molecular formula is C27H21NO3. The maximum atomic E-state index is 13.9. The standard InChI is InChI=1S/C27H21NO3/c1-15-8-7-13-21(16(15)2)28-25(30)23-22-17-9-3-5-11-19(17)27(14-29,24(23)26(28)31)20-12-6-4-10-18(20)22/h3-14,22-24H,1-2H3/t22?,23-,24-,27?/m0/s1. The Morgan fingerprint density at radius 1 is 0.806 bits per heavy atom. The normalized spacial score (nSPS) is 27.7. The Kier molecular flexibility index (Phi) is 3.54. The average Bonchev–Trinajstić information content (AvgIpc) is 3.07. The van der Waals surface area contributed by atoms with Gasteiger partial charge in [0.05, 0.1) is 22.9 Å². The number of hydrogen-bond acceptors (Lipinski definition) is 3. The summed E-state index contributed by atoms with van der Waals surface area (Å²) < 4.78 is 0. The lowest BCUT2D eigenvalue weighted by atomic mass is 9.48. The Morgan fingerprint density at radius 2 is 1.42 bits per heavy atom. The summed E-state index contributed by atoms with van der Waals surface area (Å²) in [4.78, 5) is 42.1. The van der Waals surface area contributed by atoms with Crippen LogP contribution in [0.1, 0.15) is 39.3 Å². The molecule has 2 amide bonds. The fourth-order valence-corrected chi connectivity index (χ4v) is 6.25. The molecule has 31 heavy (non-hydrogen) atoms. The van der Waals surface area contributed by atoms with Gasteiger partial charge >= 0.3 is 0 Å². The van der Waals surface area contributed by atoms with Crippen LogP contribution in [0.2, 0.25) is 0 Å². The number of anilines is 1. The van der Waals surface area contributed by atoms with Crippen LogP contribution in [0.15, 0.2) is 66.7 Å². The lowest BCUT2D eigenvalue weighted by Gasteiger charge is -2.51. The van der Waals surface area contributed by atoms with Gasteiger partial charge in [-0.2, -0.15) is 0 Å². The predicted molar refractivity (Wildman–Crippen MR) is 117 cm³/mol. The molecule has 4 aliphatic rings. The van der Waals surface area contributed by atoms with Gasteiger partial charge < -0.3 is 4.79 Å². The number of nitrogens with zero attached hydrogens (tertiary/aromatic N) is 1. The highest BCUT2D eigenvalue weighted by Gasteiger charge is 2.68. The molecule has 152 valence electrons. The first-order valence-electron chi connectivity index (χ1n) is 10.6. The van der Waals surface area contributed by atoms with Crippen LogP contribution in [-0.2, 0) is 19.8 Å². The van der Waals surface area contributed by atoms with Gasteiger partial charge in [0.15, 0.2) is 0 Å². The smallest absolute Gasteiger partial charge is 0.239 e. The van der Waals surface area contributed by atoms with Gasteiger partial charge in [-0.15, -0.1) is 0 Å². The van der Waals surface area contributed by atoms with E-state index in [9.17, 15) is 14.4 Å². The van der Waals surface area contributed by atoms with Crippen molar-refractivity contribution in [3.63, 3.8) is 0 Å².